The van der Waals surface area contributed by atoms with Gasteiger partial charge in [0.15, 0.2) is 5.78 Å². The average molecular weight is 418 g/mol. The number of ether oxygens (including phenoxy) is 1. The van der Waals surface area contributed by atoms with Crippen LogP contribution in [0, 0.1) is 11.3 Å². The first-order valence-corrected chi connectivity index (χ1v) is 11.6. The van der Waals surface area contributed by atoms with Gasteiger partial charge in [-0.15, -0.1) is 0 Å². The standard InChI is InChI=1S/C23H31NO4S/c1-4-15(5-2)20(25)16-10-11-17-18(14-16)29-22(24-17)28-19(6-3)23(21(26)27)12-8-7-9-13-23/h10-11,14-15,19H,4-9,12-13H2,1-3H3,(H,26,27). The van der Waals surface area contributed by atoms with E-state index in [1.54, 1.807) is 0 Å². The monoisotopic (exact) mass is 417 g/mol. The Kier molecular flexibility index (Phi) is 6.93. The van der Waals surface area contributed by atoms with E-state index in [4.69, 9.17) is 4.74 Å². The van der Waals surface area contributed by atoms with Crippen LogP contribution in [0.1, 0.15) is 82.5 Å². The van der Waals surface area contributed by atoms with Crippen LogP contribution in [-0.4, -0.2) is 27.9 Å². The number of nitrogens with zero attached hydrogens (tertiary/aromatic N) is 1. The number of ketones is 1. The van der Waals surface area contributed by atoms with Crippen molar-refractivity contribution in [3.05, 3.63) is 23.8 Å². The predicted octanol–water partition coefficient (Wildman–Crippen LogP) is 6.11. The van der Waals surface area contributed by atoms with Crippen molar-refractivity contribution in [2.24, 2.45) is 11.3 Å². The van der Waals surface area contributed by atoms with E-state index in [2.05, 4.69) is 4.98 Å². The topological polar surface area (TPSA) is 76.5 Å². The van der Waals surface area contributed by atoms with E-state index >= 15 is 0 Å². The number of benzene rings is 1. The van der Waals surface area contributed by atoms with Crippen LogP contribution >= 0.6 is 11.3 Å². The summed E-state index contributed by atoms with van der Waals surface area (Å²) < 4.78 is 7.09. The molecule has 1 heterocycles. The molecule has 1 aliphatic rings. The Balaban J connectivity index is 1.86. The second kappa shape index (κ2) is 9.24. The van der Waals surface area contributed by atoms with Crippen molar-refractivity contribution in [3.63, 3.8) is 0 Å². The zero-order valence-electron chi connectivity index (χ0n) is 17.6. The number of carboxylic acids is 1. The summed E-state index contributed by atoms with van der Waals surface area (Å²) in [4.78, 5) is 29.4. The van der Waals surface area contributed by atoms with E-state index in [-0.39, 0.29) is 11.7 Å². The number of aromatic nitrogens is 1. The fraction of sp³-hybridized carbons (Fsp3) is 0.609. The van der Waals surface area contributed by atoms with Crippen LogP contribution in [0.4, 0.5) is 0 Å². The van der Waals surface area contributed by atoms with Crippen LogP contribution in [0.15, 0.2) is 18.2 Å². The highest BCUT2D eigenvalue weighted by Gasteiger charge is 2.47. The van der Waals surface area contributed by atoms with Gasteiger partial charge in [0.05, 0.1) is 10.2 Å². The van der Waals surface area contributed by atoms with E-state index in [0.29, 0.717) is 30.0 Å². The second-order valence-corrected chi connectivity index (χ2v) is 9.07. The molecule has 6 heteroatoms. The molecule has 5 nitrogen and oxygen atoms in total. The van der Waals surface area contributed by atoms with Gasteiger partial charge < -0.3 is 9.84 Å². The molecule has 158 valence electrons. The lowest BCUT2D eigenvalue weighted by Crippen LogP contribution is -2.46. The molecular weight excluding hydrogens is 386 g/mol. The Morgan fingerprint density at radius 1 is 1.14 bits per heavy atom. The maximum Gasteiger partial charge on any atom is 0.313 e. The summed E-state index contributed by atoms with van der Waals surface area (Å²) in [7, 11) is 0. The molecule has 1 unspecified atom stereocenters. The van der Waals surface area contributed by atoms with Gasteiger partial charge in [-0.2, -0.15) is 0 Å². The van der Waals surface area contributed by atoms with Crippen LogP contribution in [0.25, 0.3) is 10.2 Å². The minimum Gasteiger partial charge on any atom is -0.481 e. The highest BCUT2D eigenvalue weighted by atomic mass is 32.1. The third-order valence-corrected chi connectivity index (χ3v) is 7.32. The molecule has 3 rings (SSSR count). The molecule has 1 aromatic carbocycles. The summed E-state index contributed by atoms with van der Waals surface area (Å²) in [5.41, 5.74) is 0.665. The molecule has 29 heavy (non-hydrogen) atoms. The van der Waals surface area contributed by atoms with Crippen molar-refractivity contribution in [2.45, 2.75) is 78.2 Å². The molecule has 1 aliphatic carbocycles. The molecule has 0 spiro atoms. The van der Waals surface area contributed by atoms with Gasteiger partial charge >= 0.3 is 5.97 Å². The van der Waals surface area contributed by atoms with Gasteiger partial charge in [-0.3, -0.25) is 9.59 Å². The van der Waals surface area contributed by atoms with Crippen molar-refractivity contribution in [1.82, 2.24) is 4.98 Å². The van der Waals surface area contributed by atoms with E-state index < -0.39 is 17.5 Å². The molecule has 1 fully saturated rings. The summed E-state index contributed by atoms with van der Waals surface area (Å²) in [6, 6.07) is 5.60. The number of rotatable bonds is 9. The third kappa shape index (κ3) is 4.32. The summed E-state index contributed by atoms with van der Waals surface area (Å²) in [6.45, 7) is 6.05. The summed E-state index contributed by atoms with van der Waals surface area (Å²) in [6.07, 6.45) is 6.13. The van der Waals surface area contributed by atoms with Crippen LogP contribution in [0.3, 0.4) is 0 Å². The van der Waals surface area contributed by atoms with Crippen LogP contribution in [0.2, 0.25) is 0 Å². The molecule has 1 atom stereocenters. The number of hydrogen-bond acceptors (Lipinski definition) is 5. The maximum absolute atomic E-state index is 12.7. The molecule has 0 radical (unpaired) electrons. The van der Waals surface area contributed by atoms with Crippen molar-refractivity contribution in [2.75, 3.05) is 0 Å². The highest BCUT2D eigenvalue weighted by molar-refractivity contribution is 7.20. The van der Waals surface area contributed by atoms with E-state index in [1.165, 1.54) is 11.3 Å². The number of carboxylic acid groups (broad SMARTS) is 1. The van der Waals surface area contributed by atoms with Gasteiger partial charge in [-0.1, -0.05) is 51.4 Å². The van der Waals surface area contributed by atoms with Gasteiger partial charge in [0.1, 0.15) is 11.5 Å². The van der Waals surface area contributed by atoms with Gasteiger partial charge in [0, 0.05) is 11.5 Å². The number of hydrogen-bond donors (Lipinski definition) is 1. The highest BCUT2D eigenvalue weighted by Crippen LogP contribution is 2.43. The lowest BCUT2D eigenvalue weighted by molar-refractivity contribution is -0.158. The van der Waals surface area contributed by atoms with E-state index in [1.807, 2.05) is 39.0 Å². The van der Waals surface area contributed by atoms with Gasteiger partial charge in [-0.25, -0.2) is 4.98 Å². The fourth-order valence-electron chi connectivity index (χ4n) is 4.57. The number of carbonyl (C=O) groups is 2. The van der Waals surface area contributed by atoms with E-state index in [9.17, 15) is 14.7 Å². The van der Waals surface area contributed by atoms with Crippen molar-refractivity contribution < 1.29 is 19.4 Å². The van der Waals surface area contributed by atoms with Crippen molar-refractivity contribution in [1.29, 1.82) is 0 Å². The maximum atomic E-state index is 12.7. The Hall–Kier alpha value is -1.95. The number of carbonyl (C=O) groups excluding carboxylic acids is 1. The molecular formula is C23H31NO4S. The number of Topliss-reactive ketones (excluding diaryl/α,β-unsaturated/α-hetero) is 1. The summed E-state index contributed by atoms with van der Waals surface area (Å²) >= 11 is 1.40. The number of aliphatic carboxylic acids is 1. The average Bonchev–Trinajstić information content (AvgIpc) is 3.14. The molecule has 1 saturated carbocycles. The van der Waals surface area contributed by atoms with Gasteiger partial charge in [0.25, 0.3) is 5.19 Å². The Morgan fingerprint density at radius 2 is 1.83 bits per heavy atom. The van der Waals surface area contributed by atoms with Gasteiger partial charge in [-0.05, 0) is 50.3 Å². The lowest BCUT2D eigenvalue weighted by Gasteiger charge is -2.38. The van der Waals surface area contributed by atoms with Crippen LogP contribution < -0.4 is 4.74 Å². The zero-order chi connectivity index (χ0) is 21.0. The van der Waals surface area contributed by atoms with Crippen LogP contribution in [-0.2, 0) is 4.79 Å². The summed E-state index contributed by atoms with van der Waals surface area (Å²) in [5, 5.41) is 10.5. The first-order chi connectivity index (χ1) is 13.9. The van der Waals surface area contributed by atoms with Gasteiger partial charge in [0.2, 0.25) is 0 Å². The molecule has 0 saturated heterocycles. The second-order valence-electron chi connectivity index (χ2n) is 8.08. The van der Waals surface area contributed by atoms with Crippen molar-refractivity contribution >= 4 is 33.3 Å². The predicted molar refractivity (Wildman–Crippen MR) is 116 cm³/mol. The quantitative estimate of drug-likeness (QED) is 0.498. The largest absolute Gasteiger partial charge is 0.481 e. The first kappa shape index (κ1) is 21.8. The van der Waals surface area contributed by atoms with Crippen molar-refractivity contribution in [3.8, 4) is 5.19 Å². The Morgan fingerprint density at radius 3 is 2.41 bits per heavy atom. The smallest absolute Gasteiger partial charge is 0.313 e. The molecule has 1 N–H and O–H groups in total. The molecule has 0 bridgehead atoms. The first-order valence-electron chi connectivity index (χ1n) is 10.8. The molecule has 1 aromatic heterocycles. The van der Waals surface area contributed by atoms with E-state index in [0.717, 1.165) is 42.3 Å². The SMILES string of the molecule is CCC(CC)C(=O)c1ccc2nc(OC(CC)C3(C(=O)O)CCCCC3)sc2c1. The minimum atomic E-state index is -0.832. The van der Waals surface area contributed by atoms with Crippen LogP contribution in [0.5, 0.6) is 5.19 Å². The number of fused-ring (bicyclic) bond motifs is 1. The lowest BCUT2D eigenvalue weighted by atomic mass is 9.69. The number of thiazole rings is 1. The molecule has 0 amide bonds. The molecule has 0 aliphatic heterocycles. The normalized spacial score (nSPS) is 17.4. The third-order valence-electron chi connectivity index (χ3n) is 6.41. The Labute approximate surface area is 176 Å². The fourth-order valence-corrected chi connectivity index (χ4v) is 5.47. The zero-order valence-corrected chi connectivity index (χ0v) is 18.4. The minimum absolute atomic E-state index is 0.0438. The molecule has 2 aromatic rings. The Bertz CT molecular complexity index is 865. The summed E-state index contributed by atoms with van der Waals surface area (Å²) in [5.74, 6) is -0.545.